The number of aromatic nitrogens is 3. The van der Waals surface area contributed by atoms with Crippen LogP contribution in [0.15, 0.2) is 23.0 Å². The van der Waals surface area contributed by atoms with Crippen molar-refractivity contribution in [2.75, 3.05) is 0 Å². The Bertz CT molecular complexity index is 832. The van der Waals surface area contributed by atoms with Gasteiger partial charge < -0.3 is 0 Å². The summed E-state index contributed by atoms with van der Waals surface area (Å²) in [5.74, 6) is 0.380. The van der Waals surface area contributed by atoms with Crippen LogP contribution in [0.4, 0.5) is 8.78 Å². The molecule has 1 aromatic heterocycles. The Morgan fingerprint density at radius 1 is 1.17 bits per heavy atom. The molecular formula is C17H17F2N3O. The molecule has 3 fully saturated rings. The van der Waals surface area contributed by atoms with Gasteiger partial charge in [-0.05, 0) is 54.7 Å². The van der Waals surface area contributed by atoms with Gasteiger partial charge in [-0.15, -0.1) is 0 Å². The zero-order valence-corrected chi connectivity index (χ0v) is 12.6. The van der Waals surface area contributed by atoms with Gasteiger partial charge in [-0.3, -0.25) is 4.57 Å². The van der Waals surface area contributed by atoms with E-state index in [9.17, 15) is 13.6 Å². The van der Waals surface area contributed by atoms with Crippen LogP contribution >= 0.6 is 0 Å². The predicted octanol–water partition coefficient (Wildman–Crippen LogP) is 2.66. The summed E-state index contributed by atoms with van der Waals surface area (Å²) in [7, 11) is 0. The second-order valence-corrected chi connectivity index (χ2v) is 7.46. The molecule has 2 aromatic rings. The minimum Gasteiger partial charge on any atom is -0.271 e. The average Bonchev–Trinajstić information content (AvgIpc) is 2.93. The van der Waals surface area contributed by atoms with Crippen LogP contribution in [-0.4, -0.2) is 14.3 Å². The number of aryl methyl sites for hydroxylation is 1. The molecule has 120 valence electrons. The highest BCUT2D eigenvalue weighted by Gasteiger charge is 2.56. The van der Waals surface area contributed by atoms with Gasteiger partial charge in [0.1, 0.15) is 17.5 Å². The molecule has 4 aliphatic rings. The topological polar surface area (TPSA) is 39.8 Å². The summed E-state index contributed by atoms with van der Waals surface area (Å²) >= 11 is 0. The maximum absolute atomic E-state index is 13.5. The third-order valence-corrected chi connectivity index (χ3v) is 5.81. The standard InChI is InChI=1S/C17H17F2N3O/c18-12-3-11(4-13(19)5-12)14-1-2-15-20-21(16(23)22(14)15)9-17-6-10(7-17)8-17/h3-5,10,14H,1-2,6-9H2/t10?,14-,17?/m0/s1. The van der Waals surface area contributed by atoms with E-state index < -0.39 is 11.6 Å². The minimum atomic E-state index is -0.609. The van der Waals surface area contributed by atoms with Crippen molar-refractivity contribution in [2.24, 2.45) is 11.3 Å². The van der Waals surface area contributed by atoms with Crippen molar-refractivity contribution in [3.05, 3.63) is 51.7 Å². The Morgan fingerprint density at radius 3 is 2.48 bits per heavy atom. The van der Waals surface area contributed by atoms with Crippen LogP contribution in [-0.2, 0) is 13.0 Å². The minimum absolute atomic E-state index is 0.142. The number of hydrogen-bond donors (Lipinski definition) is 0. The van der Waals surface area contributed by atoms with Crippen LogP contribution in [0, 0.1) is 23.0 Å². The summed E-state index contributed by atoms with van der Waals surface area (Å²) < 4.78 is 30.2. The molecule has 2 bridgehead atoms. The highest BCUT2D eigenvalue weighted by atomic mass is 19.1. The van der Waals surface area contributed by atoms with Crippen molar-refractivity contribution in [3.63, 3.8) is 0 Å². The van der Waals surface area contributed by atoms with E-state index in [2.05, 4.69) is 5.10 Å². The van der Waals surface area contributed by atoms with E-state index in [1.807, 2.05) is 0 Å². The number of hydrogen-bond acceptors (Lipinski definition) is 2. The summed E-state index contributed by atoms with van der Waals surface area (Å²) in [5, 5.41) is 4.48. The smallest absolute Gasteiger partial charge is 0.271 e. The van der Waals surface area contributed by atoms with Gasteiger partial charge in [-0.25, -0.2) is 18.3 Å². The summed E-state index contributed by atoms with van der Waals surface area (Å²) in [6.07, 6.45) is 4.95. The molecule has 2 heterocycles. The zero-order chi connectivity index (χ0) is 15.8. The Hall–Kier alpha value is -1.98. The van der Waals surface area contributed by atoms with Crippen LogP contribution in [0.3, 0.4) is 0 Å². The molecule has 3 saturated carbocycles. The molecule has 0 spiro atoms. The number of halogens is 2. The third-order valence-electron chi connectivity index (χ3n) is 5.81. The Labute approximate surface area is 131 Å². The summed E-state index contributed by atoms with van der Waals surface area (Å²) in [6.45, 7) is 0.687. The van der Waals surface area contributed by atoms with Crippen molar-refractivity contribution < 1.29 is 8.78 Å². The van der Waals surface area contributed by atoms with Gasteiger partial charge in [0.25, 0.3) is 0 Å². The quantitative estimate of drug-likeness (QED) is 0.873. The highest BCUT2D eigenvalue weighted by Crippen LogP contribution is 2.64. The van der Waals surface area contributed by atoms with Gasteiger partial charge in [-0.2, -0.15) is 5.10 Å². The van der Waals surface area contributed by atoms with E-state index >= 15 is 0 Å². The van der Waals surface area contributed by atoms with Gasteiger partial charge in [0.05, 0.1) is 12.6 Å². The van der Waals surface area contributed by atoms with Gasteiger partial charge in [0, 0.05) is 12.5 Å². The first-order valence-electron chi connectivity index (χ1n) is 8.17. The Morgan fingerprint density at radius 2 is 1.87 bits per heavy atom. The van der Waals surface area contributed by atoms with Crippen LogP contribution < -0.4 is 5.69 Å². The van der Waals surface area contributed by atoms with Crippen molar-refractivity contribution in [3.8, 4) is 0 Å². The van der Waals surface area contributed by atoms with Gasteiger partial charge >= 0.3 is 5.69 Å². The fraction of sp³-hybridized carbons (Fsp3) is 0.529. The second-order valence-electron chi connectivity index (χ2n) is 7.46. The number of rotatable bonds is 3. The second kappa shape index (κ2) is 4.30. The number of nitrogens with zero attached hydrogens (tertiary/aromatic N) is 3. The van der Waals surface area contributed by atoms with E-state index in [1.165, 1.54) is 31.4 Å². The molecule has 1 aromatic carbocycles. The molecular weight excluding hydrogens is 300 g/mol. The van der Waals surface area contributed by atoms with E-state index in [4.69, 9.17) is 0 Å². The van der Waals surface area contributed by atoms with Gasteiger partial charge in [0.15, 0.2) is 0 Å². The molecule has 1 aliphatic heterocycles. The Balaban J connectivity index is 1.52. The number of fused-ring (bicyclic) bond motifs is 1. The van der Waals surface area contributed by atoms with Crippen molar-refractivity contribution in [1.29, 1.82) is 0 Å². The molecule has 0 radical (unpaired) electrons. The zero-order valence-electron chi connectivity index (χ0n) is 12.6. The first-order chi connectivity index (χ1) is 11.0. The van der Waals surface area contributed by atoms with Crippen molar-refractivity contribution >= 4 is 0 Å². The molecule has 23 heavy (non-hydrogen) atoms. The Kier molecular flexibility index (Phi) is 2.52. The van der Waals surface area contributed by atoms with Crippen LogP contribution in [0.25, 0.3) is 0 Å². The lowest BCUT2D eigenvalue weighted by atomic mass is 9.44. The lowest BCUT2D eigenvalue weighted by Crippen LogP contribution is -2.55. The largest absolute Gasteiger partial charge is 0.346 e. The van der Waals surface area contributed by atoms with E-state index in [0.29, 0.717) is 30.4 Å². The molecule has 0 unspecified atom stereocenters. The summed E-state index contributed by atoms with van der Waals surface area (Å²) in [6, 6.07) is 3.17. The molecule has 0 N–H and O–H groups in total. The first-order valence-corrected chi connectivity index (χ1v) is 8.17. The van der Waals surface area contributed by atoms with Gasteiger partial charge in [0.2, 0.25) is 0 Å². The van der Waals surface area contributed by atoms with E-state index in [0.717, 1.165) is 17.8 Å². The molecule has 3 aliphatic carbocycles. The van der Waals surface area contributed by atoms with Crippen molar-refractivity contribution in [2.45, 2.75) is 44.7 Å². The predicted molar refractivity (Wildman–Crippen MR) is 79.1 cm³/mol. The maximum Gasteiger partial charge on any atom is 0.346 e. The third kappa shape index (κ3) is 1.87. The van der Waals surface area contributed by atoms with Crippen LogP contribution in [0.5, 0.6) is 0 Å². The average molecular weight is 317 g/mol. The molecule has 6 heteroatoms. The normalized spacial score (nSPS) is 30.7. The lowest BCUT2D eigenvalue weighted by Gasteiger charge is -2.61. The fourth-order valence-corrected chi connectivity index (χ4v) is 4.70. The molecule has 1 atom stereocenters. The van der Waals surface area contributed by atoms with Crippen LogP contribution in [0.1, 0.15) is 43.1 Å². The summed E-state index contributed by atoms with van der Waals surface area (Å²) in [4.78, 5) is 12.7. The molecule has 4 nitrogen and oxygen atoms in total. The molecule has 0 amide bonds. The van der Waals surface area contributed by atoms with Gasteiger partial charge in [-0.1, -0.05) is 0 Å². The highest BCUT2D eigenvalue weighted by molar-refractivity contribution is 5.24. The number of benzene rings is 1. The molecule has 0 saturated heterocycles. The first kappa shape index (κ1) is 13.5. The van der Waals surface area contributed by atoms with Crippen LogP contribution in [0.2, 0.25) is 0 Å². The van der Waals surface area contributed by atoms with E-state index in [1.54, 1.807) is 9.25 Å². The monoisotopic (exact) mass is 317 g/mol. The van der Waals surface area contributed by atoms with E-state index in [-0.39, 0.29) is 11.7 Å². The SMILES string of the molecule is O=c1n(CC23CC(C2)C3)nc2n1[C@H](c1cc(F)cc(F)c1)CC2. The maximum atomic E-state index is 13.5. The fourth-order valence-electron chi connectivity index (χ4n) is 4.70. The summed E-state index contributed by atoms with van der Waals surface area (Å²) in [5.41, 5.74) is 0.662. The molecule has 6 rings (SSSR count). The lowest BCUT2D eigenvalue weighted by molar-refractivity contribution is -0.121. The van der Waals surface area contributed by atoms with Crippen molar-refractivity contribution in [1.82, 2.24) is 14.3 Å².